The lowest BCUT2D eigenvalue weighted by Gasteiger charge is -2.49. The molecule has 3 heterocycles. The SMILES string of the molecule is CON=C(C(=O)N[C@@H]1C(=O)N2C(C(=O)O)=C(Cc3c(C)ccc(CSC(C)=O)c3C)CS[C@H]12)c1csc(N)n1. The number of hydrogen-bond acceptors (Lipinski definition) is 11. The van der Waals surface area contributed by atoms with E-state index in [4.69, 9.17) is 10.6 Å². The van der Waals surface area contributed by atoms with Crippen molar-refractivity contribution < 1.29 is 29.1 Å². The van der Waals surface area contributed by atoms with Gasteiger partial charge in [-0.3, -0.25) is 19.3 Å². The first-order valence-electron chi connectivity index (χ1n) is 11.8. The van der Waals surface area contributed by atoms with Gasteiger partial charge >= 0.3 is 5.97 Å². The maximum absolute atomic E-state index is 13.2. The van der Waals surface area contributed by atoms with Crippen LogP contribution in [0, 0.1) is 13.8 Å². The summed E-state index contributed by atoms with van der Waals surface area (Å²) in [5.74, 6) is -1.50. The zero-order chi connectivity index (χ0) is 28.4. The minimum absolute atomic E-state index is 0.0244. The quantitative estimate of drug-likeness (QED) is 0.225. The summed E-state index contributed by atoms with van der Waals surface area (Å²) in [6, 6.07) is 3.01. The van der Waals surface area contributed by atoms with Crippen LogP contribution < -0.4 is 11.1 Å². The van der Waals surface area contributed by atoms with Crippen molar-refractivity contribution >= 4 is 68.6 Å². The standard InChI is InChI=1S/C25H27N5O6S3/c1-11-5-6-14(8-37-13(3)31)12(2)16(11)7-15-9-38-23-19(22(33)30(23)20(15)24(34)35)28-21(32)18(29-36-4)17-10-39-25(26)27-17/h5-6,10,19,23H,7-9H2,1-4H3,(H2,26,27)(H,28,32)(H,34,35)/t19-,23-/m1/s1. The number of thioether (sulfide) groups is 2. The highest BCUT2D eigenvalue weighted by atomic mass is 32.2. The summed E-state index contributed by atoms with van der Waals surface area (Å²) >= 11 is 3.74. The number of carbonyl (C=O) groups excluding carboxylic acids is 3. The van der Waals surface area contributed by atoms with Gasteiger partial charge < -0.3 is 21.0 Å². The van der Waals surface area contributed by atoms with E-state index in [0.717, 1.165) is 33.6 Å². The van der Waals surface area contributed by atoms with Gasteiger partial charge in [0.15, 0.2) is 16.0 Å². The van der Waals surface area contributed by atoms with E-state index in [0.29, 0.717) is 23.5 Å². The second kappa shape index (κ2) is 11.8. The Kier molecular flexibility index (Phi) is 8.67. The van der Waals surface area contributed by atoms with Gasteiger partial charge in [0, 0.05) is 23.8 Å². The third-order valence-corrected chi connectivity index (χ3v) is 9.34. The monoisotopic (exact) mass is 589 g/mol. The molecule has 0 saturated carbocycles. The topological polar surface area (TPSA) is 164 Å². The molecule has 0 unspecified atom stereocenters. The van der Waals surface area contributed by atoms with E-state index in [9.17, 15) is 24.3 Å². The van der Waals surface area contributed by atoms with Crippen LogP contribution in [0.1, 0.15) is 34.9 Å². The highest BCUT2D eigenvalue weighted by Gasteiger charge is 2.54. The van der Waals surface area contributed by atoms with Gasteiger partial charge in [-0.05, 0) is 48.1 Å². The fraction of sp³-hybridized carbons (Fsp3) is 0.360. The van der Waals surface area contributed by atoms with Gasteiger partial charge in [0.05, 0.1) is 0 Å². The molecule has 0 aliphatic carbocycles. The molecule has 1 aromatic carbocycles. The van der Waals surface area contributed by atoms with Gasteiger partial charge in [-0.15, -0.1) is 23.1 Å². The molecule has 1 saturated heterocycles. The van der Waals surface area contributed by atoms with Crippen LogP contribution in [-0.2, 0) is 36.2 Å². The average molecular weight is 590 g/mol. The highest BCUT2D eigenvalue weighted by molar-refractivity contribution is 8.12. The van der Waals surface area contributed by atoms with E-state index in [2.05, 4.69) is 15.5 Å². The lowest BCUT2D eigenvalue weighted by atomic mass is 9.91. The molecule has 0 radical (unpaired) electrons. The number of anilines is 1. The molecule has 0 bridgehead atoms. The Morgan fingerprint density at radius 2 is 2.08 bits per heavy atom. The Bertz CT molecular complexity index is 1420. The van der Waals surface area contributed by atoms with Crippen molar-refractivity contribution in [1.29, 1.82) is 0 Å². The van der Waals surface area contributed by atoms with Crippen molar-refractivity contribution in [2.24, 2.45) is 5.16 Å². The summed E-state index contributed by atoms with van der Waals surface area (Å²) in [4.78, 5) is 60.0. The van der Waals surface area contributed by atoms with Crippen LogP contribution in [0.5, 0.6) is 0 Å². The largest absolute Gasteiger partial charge is 0.477 e. The number of nitrogens with one attached hydrogen (secondary N) is 1. The predicted molar refractivity (Wildman–Crippen MR) is 151 cm³/mol. The molecule has 1 aromatic heterocycles. The van der Waals surface area contributed by atoms with Crippen molar-refractivity contribution in [1.82, 2.24) is 15.2 Å². The van der Waals surface area contributed by atoms with Crippen LogP contribution >= 0.6 is 34.9 Å². The molecule has 1 fully saturated rings. The summed E-state index contributed by atoms with van der Waals surface area (Å²) in [7, 11) is 1.28. The number of nitrogens with two attached hydrogens (primary N) is 1. The fourth-order valence-electron chi connectivity index (χ4n) is 4.48. The number of nitrogen functional groups attached to an aromatic ring is 1. The maximum Gasteiger partial charge on any atom is 0.352 e. The number of carboxylic acids is 1. The number of β-lactam (4-membered cyclic amide) rings is 1. The molecular weight excluding hydrogens is 563 g/mol. The van der Waals surface area contributed by atoms with E-state index in [1.807, 2.05) is 26.0 Å². The number of oxime groups is 1. The van der Waals surface area contributed by atoms with E-state index >= 15 is 0 Å². The number of thiazole rings is 1. The van der Waals surface area contributed by atoms with Crippen LogP contribution in [0.2, 0.25) is 0 Å². The summed E-state index contributed by atoms with van der Waals surface area (Å²) in [6.07, 6.45) is 0.355. The second-order valence-corrected chi connectivity index (χ2v) is 12.1. The predicted octanol–water partition coefficient (Wildman–Crippen LogP) is 2.45. The van der Waals surface area contributed by atoms with Crippen molar-refractivity contribution in [3.05, 3.63) is 56.7 Å². The van der Waals surface area contributed by atoms with Gasteiger partial charge in [-0.2, -0.15) is 0 Å². The summed E-state index contributed by atoms with van der Waals surface area (Å²) in [5.41, 5.74) is 10.3. The summed E-state index contributed by atoms with van der Waals surface area (Å²) in [5, 5.41) is 17.7. The highest BCUT2D eigenvalue weighted by Crippen LogP contribution is 2.41. The first kappa shape index (κ1) is 28.6. The van der Waals surface area contributed by atoms with E-state index < -0.39 is 29.2 Å². The third-order valence-electron chi connectivity index (χ3n) is 6.46. The zero-order valence-corrected chi connectivity index (χ0v) is 24.1. The van der Waals surface area contributed by atoms with Gasteiger partial charge in [0.25, 0.3) is 11.8 Å². The Morgan fingerprint density at radius 3 is 2.69 bits per heavy atom. The third kappa shape index (κ3) is 5.82. The van der Waals surface area contributed by atoms with Crippen molar-refractivity contribution in [3.8, 4) is 0 Å². The maximum atomic E-state index is 13.2. The van der Waals surface area contributed by atoms with Gasteiger partial charge in [-0.1, -0.05) is 29.1 Å². The average Bonchev–Trinajstić information content (AvgIpc) is 3.32. The number of benzene rings is 1. The Hall–Kier alpha value is -3.36. The lowest BCUT2D eigenvalue weighted by molar-refractivity contribution is -0.150. The molecule has 0 spiro atoms. The number of carboxylic acid groups (broad SMARTS) is 1. The van der Waals surface area contributed by atoms with E-state index in [1.165, 1.54) is 42.5 Å². The van der Waals surface area contributed by atoms with Crippen LogP contribution in [0.25, 0.3) is 0 Å². The number of aliphatic carboxylic acids is 1. The van der Waals surface area contributed by atoms with E-state index in [1.54, 1.807) is 5.38 Å². The molecule has 2 aliphatic heterocycles. The van der Waals surface area contributed by atoms with E-state index in [-0.39, 0.29) is 27.3 Å². The molecule has 39 heavy (non-hydrogen) atoms. The number of nitrogens with zero attached hydrogens (tertiary/aromatic N) is 3. The molecule has 206 valence electrons. The zero-order valence-electron chi connectivity index (χ0n) is 21.6. The fourth-order valence-corrected chi connectivity index (χ4v) is 7.05. The Labute approximate surface area is 237 Å². The second-order valence-electron chi connectivity index (χ2n) is 8.91. The molecule has 14 heteroatoms. The minimum Gasteiger partial charge on any atom is -0.477 e. The van der Waals surface area contributed by atoms with Crippen molar-refractivity contribution in [2.45, 2.75) is 44.4 Å². The van der Waals surface area contributed by atoms with Crippen LogP contribution in [0.3, 0.4) is 0 Å². The molecule has 4 N–H and O–H groups in total. The summed E-state index contributed by atoms with van der Waals surface area (Å²) in [6.45, 7) is 5.45. The molecule has 2 aromatic rings. The normalized spacial score (nSPS) is 18.9. The van der Waals surface area contributed by atoms with Crippen LogP contribution in [0.15, 0.2) is 33.9 Å². The number of aromatic nitrogens is 1. The number of carbonyl (C=O) groups is 4. The van der Waals surface area contributed by atoms with Crippen molar-refractivity contribution in [2.75, 3.05) is 18.6 Å². The molecule has 2 aliphatic rings. The first-order valence-corrected chi connectivity index (χ1v) is 14.7. The Balaban J connectivity index is 1.56. The molecular formula is C25H27N5O6S3. The Morgan fingerprint density at radius 1 is 1.33 bits per heavy atom. The molecule has 4 rings (SSSR count). The summed E-state index contributed by atoms with van der Waals surface area (Å²) < 4.78 is 0. The number of rotatable bonds is 9. The number of fused-ring (bicyclic) bond motifs is 1. The van der Waals surface area contributed by atoms with Gasteiger partial charge in [0.1, 0.15) is 29.9 Å². The number of amides is 2. The van der Waals surface area contributed by atoms with Gasteiger partial charge in [0.2, 0.25) is 0 Å². The van der Waals surface area contributed by atoms with Crippen LogP contribution in [-0.4, -0.2) is 67.9 Å². The molecule has 2 amide bonds. The van der Waals surface area contributed by atoms with Gasteiger partial charge in [-0.25, -0.2) is 9.78 Å². The first-order chi connectivity index (χ1) is 18.5. The van der Waals surface area contributed by atoms with Crippen LogP contribution in [0.4, 0.5) is 5.13 Å². The van der Waals surface area contributed by atoms with Crippen molar-refractivity contribution in [3.63, 3.8) is 0 Å². The molecule has 2 atom stereocenters. The molecule has 11 nitrogen and oxygen atoms in total. The lowest BCUT2D eigenvalue weighted by Crippen LogP contribution is -2.71. The number of hydrogen-bond donors (Lipinski definition) is 3. The number of aryl methyl sites for hydroxylation is 1. The minimum atomic E-state index is -1.20. The smallest absolute Gasteiger partial charge is 0.352 e.